The van der Waals surface area contributed by atoms with Crippen LogP contribution in [0.25, 0.3) is 10.2 Å². The first-order chi connectivity index (χ1) is 12.9. The molecule has 0 spiro atoms. The van der Waals surface area contributed by atoms with E-state index in [0.29, 0.717) is 11.4 Å². The summed E-state index contributed by atoms with van der Waals surface area (Å²) in [5.74, 6) is -0.330. The molecule has 2 aromatic heterocycles. The molecule has 1 aliphatic rings. The van der Waals surface area contributed by atoms with Gasteiger partial charge in [-0.25, -0.2) is 9.97 Å². The maximum atomic E-state index is 13.4. The van der Waals surface area contributed by atoms with Gasteiger partial charge in [-0.15, -0.1) is 11.3 Å². The van der Waals surface area contributed by atoms with Crippen LogP contribution in [0, 0.1) is 0 Å². The molecule has 0 radical (unpaired) electrons. The number of hydrogen-bond acceptors (Lipinski definition) is 6. The number of benzene rings is 1. The Balaban J connectivity index is 1.68. The number of nitrogens with zero attached hydrogens (tertiary/aromatic N) is 3. The quantitative estimate of drug-likeness (QED) is 0.534. The van der Waals surface area contributed by atoms with Crippen LogP contribution in [-0.4, -0.2) is 32.6 Å². The van der Waals surface area contributed by atoms with Crippen molar-refractivity contribution in [2.45, 2.75) is 36.6 Å². The molecule has 3 aromatic rings. The van der Waals surface area contributed by atoms with Gasteiger partial charge in [-0.3, -0.25) is 14.5 Å². The summed E-state index contributed by atoms with van der Waals surface area (Å²) >= 11 is 2.93. The predicted octanol–water partition coefficient (Wildman–Crippen LogP) is 3.94. The summed E-state index contributed by atoms with van der Waals surface area (Å²) in [6, 6.07) is 9.33. The number of anilines is 2. The first-order valence-corrected chi connectivity index (χ1v) is 10.2. The van der Waals surface area contributed by atoms with Crippen molar-refractivity contribution in [3.63, 3.8) is 0 Å². The van der Waals surface area contributed by atoms with Crippen LogP contribution in [0.15, 0.2) is 47.1 Å². The largest absolute Gasteiger partial charge is 0.322 e. The second kappa shape index (κ2) is 6.61. The van der Waals surface area contributed by atoms with E-state index in [1.54, 1.807) is 36.2 Å². The molecule has 27 heavy (non-hydrogen) atoms. The van der Waals surface area contributed by atoms with E-state index in [0.717, 1.165) is 15.2 Å². The van der Waals surface area contributed by atoms with Gasteiger partial charge in [0.15, 0.2) is 0 Å². The Hall–Kier alpha value is -2.45. The molecule has 0 saturated heterocycles. The van der Waals surface area contributed by atoms with Crippen LogP contribution >= 0.6 is 23.1 Å². The lowest BCUT2D eigenvalue weighted by atomic mass is 9.96. The Labute approximate surface area is 165 Å². The summed E-state index contributed by atoms with van der Waals surface area (Å²) in [6.45, 7) is 5.36. The summed E-state index contributed by atoms with van der Waals surface area (Å²) in [6.07, 6.45) is 1.52. The van der Waals surface area contributed by atoms with E-state index in [-0.39, 0.29) is 11.8 Å². The number of thiophene rings is 1. The zero-order chi connectivity index (χ0) is 19.2. The lowest BCUT2D eigenvalue weighted by Gasteiger charge is -2.43. The molecule has 1 aromatic carbocycles. The van der Waals surface area contributed by atoms with Crippen molar-refractivity contribution in [1.29, 1.82) is 0 Å². The third kappa shape index (κ3) is 2.98. The first kappa shape index (κ1) is 17.9. The fourth-order valence-electron chi connectivity index (χ4n) is 3.11. The number of amides is 2. The molecule has 6 nitrogen and oxygen atoms in total. The number of carbonyl (C=O) groups is 2. The van der Waals surface area contributed by atoms with Gasteiger partial charge in [0.25, 0.3) is 0 Å². The summed E-state index contributed by atoms with van der Waals surface area (Å²) in [5, 5.41) is 6.15. The van der Waals surface area contributed by atoms with E-state index in [1.165, 1.54) is 18.1 Å². The van der Waals surface area contributed by atoms with E-state index in [2.05, 4.69) is 15.3 Å². The topological polar surface area (TPSA) is 75.2 Å². The minimum atomic E-state index is -0.983. The Morgan fingerprint density at radius 1 is 1.26 bits per heavy atom. The summed E-state index contributed by atoms with van der Waals surface area (Å²) in [4.78, 5) is 37.1. The minimum Gasteiger partial charge on any atom is -0.322 e. The lowest BCUT2D eigenvalue weighted by Crippen LogP contribution is -2.60. The van der Waals surface area contributed by atoms with E-state index >= 15 is 0 Å². The number of aromatic nitrogens is 2. The van der Waals surface area contributed by atoms with Crippen molar-refractivity contribution >= 4 is 56.5 Å². The lowest BCUT2D eigenvalue weighted by molar-refractivity contribution is -0.126. The molecule has 138 valence electrons. The predicted molar refractivity (Wildman–Crippen MR) is 109 cm³/mol. The van der Waals surface area contributed by atoms with Crippen LogP contribution in [0.3, 0.4) is 0 Å². The van der Waals surface area contributed by atoms with Crippen LogP contribution in [0.1, 0.15) is 20.8 Å². The van der Waals surface area contributed by atoms with Crippen molar-refractivity contribution in [2.24, 2.45) is 0 Å². The second-order valence-electron chi connectivity index (χ2n) is 6.78. The highest BCUT2D eigenvalue weighted by Crippen LogP contribution is 2.39. The van der Waals surface area contributed by atoms with Crippen LogP contribution < -0.4 is 10.2 Å². The monoisotopic (exact) mass is 398 g/mol. The average molecular weight is 399 g/mol. The Bertz CT molecular complexity index is 1050. The summed E-state index contributed by atoms with van der Waals surface area (Å²) in [5.41, 5.74) is 0.376. The standard InChI is InChI=1S/C19H18N4O2S2/c1-11(27-16-12-8-9-26-15(12)20-10-21-16)17(24)23-14-7-5-4-6-13(14)22-18(25)19(23,2)3/h4-11H,1-3H3,(H,22,25)/t11-/m1/s1. The number of fused-ring (bicyclic) bond motifs is 2. The van der Waals surface area contributed by atoms with Gasteiger partial charge < -0.3 is 5.32 Å². The number of thioether (sulfide) groups is 1. The van der Waals surface area contributed by atoms with Crippen molar-refractivity contribution in [3.8, 4) is 0 Å². The molecule has 3 heterocycles. The van der Waals surface area contributed by atoms with Gasteiger partial charge >= 0.3 is 0 Å². The van der Waals surface area contributed by atoms with E-state index in [1.807, 2.05) is 36.6 Å². The molecule has 4 rings (SSSR count). The number of hydrogen-bond donors (Lipinski definition) is 1. The Morgan fingerprint density at radius 2 is 2.04 bits per heavy atom. The smallest absolute Gasteiger partial charge is 0.250 e. The third-order valence-electron chi connectivity index (χ3n) is 4.59. The van der Waals surface area contributed by atoms with Crippen molar-refractivity contribution in [3.05, 3.63) is 42.0 Å². The fourth-order valence-corrected chi connectivity index (χ4v) is 4.85. The number of nitrogens with one attached hydrogen (secondary N) is 1. The normalized spacial score (nSPS) is 16.7. The van der Waals surface area contributed by atoms with E-state index in [4.69, 9.17) is 0 Å². The van der Waals surface area contributed by atoms with Crippen LogP contribution in [0.4, 0.5) is 11.4 Å². The summed E-state index contributed by atoms with van der Waals surface area (Å²) in [7, 11) is 0. The van der Waals surface area contributed by atoms with Crippen LogP contribution in [-0.2, 0) is 9.59 Å². The van der Waals surface area contributed by atoms with Gasteiger partial charge in [-0.2, -0.15) is 0 Å². The summed E-state index contributed by atoms with van der Waals surface area (Å²) < 4.78 is 0. The molecule has 1 N–H and O–H groups in total. The number of rotatable bonds is 3. The van der Waals surface area contributed by atoms with Crippen molar-refractivity contribution in [1.82, 2.24) is 9.97 Å². The molecule has 1 aliphatic heterocycles. The maximum absolute atomic E-state index is 13.4. The Morgan fingerprint density at radius 3 is 2.85 bits per heavy atom. The van der Waals surface area contributed by atoms with E-state index < -0.39 is 10.8 Å². The highest BCUT2D eigenvalue weighted by Gasteiger charge is 2.44. The third-order valence-corrected chi connectivity index (χ3v) is 6.51. The molecule has 1 atom stereocenters. The highest BCUT2D eigenvalue weighted by atomic mass is 32.2. The second-order valence-corrected chi connectivity index (χ2v) is 9.01. The molecule has 0 saturated carbocycles. The minimum absolute atomic E-state index is 0.130. The number of carbonyl (C=O) groups excluding carboxylic acids is 2. The van der Waals surface area contributed by atoms with Gasteiger partial charge in [0.05, 0.1) is 16.6 Å². The van der Waals surface area contributed by atoms with Crippen molar-refractivity contribution in [2.75, 3.05) is 10.2 Å². The molecular formula is C19H18N4O2S2. The van der Waals surface area contributed by atoms with Crippen LogP contribution in [0.5, 0.6) is 0 Å². The molecular weight excluding hydrogens is 380 g/mol. The SMILES string of the molecule is C[C@@H](Sc1ncnc2sccc12)C(=O)N1c2ccccc2NC(=O)C1(C)C. The molecule has 0 bridgehead atoms. The molecule has 0 unspecified atom stereocenters. The molecule has 8 heteroatoms. The fraction of sp³-hybridized carbons (Fsp3) is 0.263. The first-order valence-electron chi connectivity index (χ1n) is 8.49. The van der Waals surface area contributed by atoms with Gasteiger partial charge in [-0.05, 0) is 44.4 Å². The average Bonchev–Trinajstić information content (AvgIpc) is 3.12. The molecule has 0 fully saturated rings. The van der Waals surface area contributed by atoms with Gasteiger partial charge in [0, 0.05) is 5.39 Å². The molecule has 2 amide bonds. The van der Waals surface area contributed by atoms with Gasteiger partial charge in [-0.1, -0.05) is 23.9 Å². The zero-order valence-corrected chi connectivity index (χ0v) is 16.7. The maximum Gasteiger partial charge on any atom is 0.250 e. The van der Waals surface area contributed by atoms with Crippen molar-refractivity contribution < 1.29 is 9.59 Å². The highest BCUT2D eigenvalue weighted by molar-refractivity contribution is 8.00. The molecule has 0 aliphatic carbocycles. The van der Waals surface area contributed by atoms with Gasteiger partial charge in [0.2, 0.25) is 11.8 Å². The van der Waals surface area contributed by atoms with E-state index in [9.17, 15) is 9.59 Å². The number of para-hydroxylation sites is 2. The zero-order valence-electron chi connectivity index (χ0n) is 15.1. The van der Waals surface area contributed by atoms with Crippen LogP contribution in [0.2, 0.25) is 0 Å². The van der Waals surface area contributed by atoms with Gasteiger partial charge in [0.1, 0.15) is 21.7 Å². The Kier molecular flexibility index (Phi) is 4.39.